The first-order valence-electron chi connectivity index (χ1n) is 7.15. The Hall–Kier alpha value is -1.35. The second kappa shape index (κ2) is 7.60. The summed E-state index contributed by atoms with van der Waals surface area (Å²) >= 11 is 1.40. The van der Waals surface area contributed by atoms with Gasteiger partial charge in [-0.05, 0) is 37.3 Å². The molecule has 0 aromatic carbocycles. The van der Waals surface area contributed by atoms with E-state index < -0.39 is 0 Å². The Morgan fingerprint density at radius 3 is 2.90 bits per heavy atom. The zero-order valence-electron chi connectivity index (χ0n) is 12.5. The van der Waals surface area contributed by atoms with Crippen LogP contribution in [0.1, 0.15) is 33.0 Å². The van der Waals surface area contributed by atoms with Gasteiger partial charge in [-0.25, -0.2) is 0 Å². The zero-order chi connectivity index (χ0) is 15.2. The van der Waals surface area contributed by atoms with Crippen LogP contribution < -0.4 is 0 Å². The maximum Gasteiger partial charge on any atom is 0.263 e. The summed E-state index contributed by atoms with van der Waals surface area (Å²) in [5.41, 5.74) is 0.990. The summed E-state index contributed by atoms with van der Waals surface area (Å²) in [5.74, 6) is 6.10. The Labute approximate surface area is 129 Å². The van der Waals surface area contributed by atoms with Crippen LogP contribution in [-0.2, 0) is 4.74 Å². The summed E-state index contributed by atoms with van der Waals surface area (Å²) in [6.45, 7) is 4.14. The average molecular weight is 307 g/mol. The molecule has 0 radical (unpaired) electrons. The van der Waals surface area contributed by atoms with Crippen LogP contribution >= 0.6 is 11.3 Å². The van der Waals surface area contributed by atoms with Crippen molar-refractivity contribution in [3.8, 4) is 11.8 Å². The molecule has 114 valence electrons. The molecule has 4 nitrogen and oxygen atoms in total. The van der Waals surface area contributed by atoms with Gasteiger partial charge in [-0.15, -0.1) is 11.3 Å². The van der Waals surface area contributed by atoms with Crippen molar-refractivity contribution >= 4 is 17.2 Å². The fourth-order valence-electron chi connectivity index (χ4n) is 2.42. The van der Waals surface area contributed by atoms with Crippen molar-refractivity contribution in [3.63, 3.8) is 0 Å². The van der Waals surface area contributed by atoms with Gasteiger partial charge in [0.05, 0.1) is 9.75 Å². The fraction of sp³-hybridized carbons (Fsp3) is 0.562. The average Bonchev–Trinajstić information content (AvgIpc) is 2.86. The van der Waals surface area contributed by atoms with E-state index in [0.29, 0.717) is 10.8 Å². The van der Waals surface area contributed by atoms with Gasteiger partial charge < -0.3 is 14.7 Å². The molecule has 1 aromatic heterocycles. The minimum Gasteiger partial charge on any atom is -0.384 e. The summed E-state index contributed by atoms with van der Waals surface area (Å²) in [7, 11) is 1.85. The molecule has 2 rings (SSSR count). The Morgan fingerprint density at radius 1 is 1.52 bits per heavy atom. The van der Waals surface area contributed by atoms with E-state index in [4.69, 9.17) is 9.84 Å². The van der Waals surface area contributed by atoms with Crippen LogP contribution in [0.25, 0.3) is 0 Å². The number of hydrogen-bond acceptors (Lipinski definition) is 4. The number of thiophene rings is 1. The van der Waals surface area contributed by atoms with Gasteiger partial charge in [-0.3, -0.25) is 4.79 Å². The van der Waals surface area contributed by atoms with Gasteiger partial charge in [0.1, 0.15) is 6.61 Å². The van der Waals surface area contributed by atoms with E-state index in [1.807, 2.05) is 20.0 Å². The van der Waals surface area contributed by atoms with Crippen LogP contribution in [0.3, 0.4) is 0 Å². The SMILES string of the molecule is Cc1cc(C(=O)N(C)CC2CCOCC2)sc1C#CCO. The Kier molecular flexibility index (Phi) is 5.80. The largest absolute Gasteiger partial charge is 0.384 e. The van der Waals surface area contributed by atoms with Crippen molar-refractivity contribution in [1.82, 2.24) is 4.90 Å². The number of aryl methyl sites for hydroxylation is 1. The third-order valence-electron chi connectivity index (χ3n) is 3.63. The normalized spacial score (nSPS) is 15.4. The van der Waals surface area contributed by atoms with Gasteiger partial charge in [0, 0.05) is 26.8 Å². The van der Waals surface area contributed by atoms with Crippen molar-refractivity contribution in [1.29, 1.82) is 0 Å². The van der Waals surface area contributed by atoms with Crippen molar-refractivity contribution < 1.29 is 14.6 Å². The molecular formula is C16H21NO3S. The third kappa shape index (κ3) is 4.31. The summed E-state index contributed by atoms with van der Waals surface area (Å²) < 4.78 is 5.35. The Bertz CT molecular complexity index is 550. The van der Waals surface area contributed by atoms with Gasteiger partial charge in [-0.1, -0.05) is 11.8 Å². The second-order valence-electron chi connectivity index (χ2n) is 5.32. The third-order valence-corrected chi connectivity index (χ3v) is 4.77. The minimum atomic E-state index is -0.162. The molecule has 1 N–H and O–H groups in total. The molecule has 0 spiro atoms. The van der Waals surface area contributed by atoms with Gasteiger partial charge >= 0.3 is 0 Å². The van der Waals surface area contributed by atoms with Crippen LogP contribution in [0.4, 0.5) is 0 Å². The molecule has 0 aliphatic carbocycles. The lowest BCUT2D eigenvalue weighted by Gasteiger charge is -2.26. The van der Waals surface area contributed by atoms with Gasteiger partial charge in [0.25, 0.3) is 5.91 Å². The van der Waals surface area contributed by atoms with Crippen LogP contribution in [0.15, 0.2) is 6.07 Å². The van der Waals surface area contributed by atoms with E-state index >= 15 is 0 Å². The van der Waals surface area contributed by atoms with Crippen molar-refractivity contribution in [3.05, 3.63) is 21.4 Å². The fourth-order valence-corrected chi connectivity index (χ4v) is 3.46. The summed E-state index contributed by atoms with van der Waals surface area (Å²) in [5, 5.41) is 8.75. The highest BCUT2D eigenvalue weighted by Gasteiger charge is 2.21. The first-order valence-corrected chi connectivity index (χ1v) is 7.97. The van der Waals surface area contributed by atoms with Gasteiger partial charge in [0.2, 0.25) is 0 Å². The van der Waals surface area contributed by atoms with Crippen LogP contribution in [0.2, 0.25) is 0 Å². The molecule has 1 amide bonds. The highest BCUT2D eigenvalue weighted by molar-refractivity contribution is 7.14. The molecule has 0 bridgehead atoms. The molecule has 0 saturated carbocycles. The maximum atomic E-state index is 12.5. The summed E-state index contributed by atoms with van der Waals surface area (Å²) in [6, 6.07) is 1.88. The predicted octanol–water partition coefficient (Wildman–Crippen LogP) is 1.90. The van der Waals surface area contributed by atoms with Gasteiger partial charge in [-0.2, -0.15) is 0 Å². The molecule has 1 fully saturated rings. The molecular weight excluding hydrogens is 286 g/mol. The van der Waals surface area contributed by atoms with Crippen molar-refractivity contribution in [2.45, 2.75) is 19.8 Å². The van der Waals surface area contributed by atoms with E-state index in [1.54, 1.807) is 4.90 Å². The van der Waals surface area contributed by atoms with Crippen LogP contribution in [0.5, 0.6) is 0 Å². The molecule has 2 heterocycles. The number of aliphatic hydroxyl groups is 1. The van der Waals surface area contributed by atoms with Crippen molar-refractivity contribution in [2.75, 3.05) is 33.4 Å². The van der Waals surface area contributed by atoms with E-state index in [1.165, 1.54) is 11.3 Å². The molecule has 1 aliphatic heterocycles. The molecule has 21 heavy (non-hydrogen) atoms. The molecule has 1 aliphatic rings. The number of hydrogen-bond donors (Lipinski definition) is 1. The van der Waals surface area contributed by atoms with Crippen LogP contribution in [0, 0.1) is 24.7 Å². The lowest BCUT2D eigenvalue weighted by molar-refractivity contribution is 0.0499. The van der Waals surface area contributed by atoms with Crippen LogP contribution in [-0.4, -0.2) is 49.3 Å². The number of ether oxygens (including phenoxy) is 1. The maximum absolute atomic E-state index is 12.5. The molecule has 0 unspecified atom stereocenters. The monoisotopic (exact) mass is 307 g/mol. The smallest absolute Gasteiger partial charge is 0.263 e. The van der Waals surface area contributed by atoms with Crippen molar-refractivity contribution in [2.24, 2.45) is 5.92 Å². The Balaban J connectivity index is 2.01. The number of nitrogens with zero attached hydrogens (tertiary/aromatic N) is 1. The topological polar surface area (TPSA) is 49.8 Å². The lowest BCUT2D eigenvalue weighted by atomic mass is 10.00. The molecule has 1 aromatic rings. The van der Waals surface area contributed by atoms with E-state index in [9.17, 15) is 4.79 Å². The number of amides is 1. The number of carbonyl (C=O) groups excluding carboxylic acids is 1. The standard InChI is InChI=1S/C16H21NO3S/c1-12-10-15(21-14(12)4-3-7-18)16(19)17(2)11-13-5-8-20-9-6-13/h10,13,18H,5-9,11H2,1-2H3. The first kappa shape index (κ1) is 16.0. The number of carbonyl (C=O) groups is 1. The van der Waals surface area contributed by atoms with E-state index in [2.05, 4.69) is 11.8 Å². The minimum absolute atomic E-state index is 0.0478. The number of aliphatic hydroxyl groups excluding tert-OH is 1. The van der Waals surface area contributed by atoms with E-state index in [-0.39, 0.29) is 12.5 Å². The van der Waals surface area contributed by atoms with Gasteiger partial charge in [0.15, 0.2) is 0 Å². The lowest BCUT2D eigenvalue weighted by Crippen LogP contribution is -2.33. The highest BCUT2D eigenvalue weighted by atomic mass is 32.1. The Morgan fingerprint density at radius 2 is 2.24 bits per heavy atom. The second-order valence-corrected chi connectivity index (χ2v) is 6.38. The summed E-state index contributed by atoms with van der Waals surface area (Å²) in [6.07, 6.45) is 2.04. The zero-order valence-corrected chi connectivity index (χ0v) is 13.3. The quantitative estimate of drug-likeness (QED) is 0.868. The predicted molar refractivity (Wildman–Crippen MR) is 83.5 cm³/mol. The summed E-state index contributed by atoms with van der Waals surface area (Å²) in [4.78, 5) is 15.8. The molecule has 0 atom stereocenters. The number of rotatable bonds is 3. The molecule has 1 saturated heterocycles. The first-order chi connectivity index (χ1) is 10.1. The van der Waals surface area contributed by atoms with E-state index in [0.717, 1.165) is 43.0 Å². The molecule has 5 heteroatoms. The highest BCUT2D eigenvalue weighted by Crippen LogP contribution is 2.23.